The average Bonchev–Trinajstić information content (AvgIpc) is 2.94. The smallest absolute Gasteiger partial charge is 0.309 e. The lowest BCUT2D eigenvalue weighted by atomic mass is 9.40. The Morgan fingerprint density at radius 3 is 2.26 bits per heavy atom. The predicted octanol–water partition coefficient (Wildman–Crippen LogP) is 0.687. The molecule has 43 heavy (non-hydrogen) atoms. The van der Waals surface area contributed by atoms with Crippen LogP contribution >= 0.6 is 0 Å². The van der Waals surface area contributed by atoms with E-state index in [2.05, 4.69) is 20.4 Å². The van der Waals surface area contributed by atoms with Crippen LogP contribution in [0.4, 0.5) is 0 Å². The molecule has 5 rings (SSSR count). The van der Waals surface area contributed by atoms with Gasteiger partial charge in [0.25, 0.3) is 0 Å². The number of aliphatic carboxylic acids is 1. The summed E-state index contributed by atoms with van der Waals surface area (Å²) in [5.74, 6) is -0.638. The molecule has 2 heterocycles. The molecule has 7 N–H and O–H groups in total. The molecule has 0 aromatic rings. The van der Waals surface area contributed by atoms with Crippen LogP contribution in [0.2, 0.25) is 0 Å². The van der Waals surface area contributed by atoms with E-state index in [9.17, 15) is 40.5 Å². The van der Waals surface area contributed by atoms with Crippen LogP contribution in [0.3, 0.4) is 0 Å². The van der Waals surface area contributed by atoms with E-state index in [1.807, 2.05) is 6.92 Å². The maximum Gasteiger partial charge on any atom is 0.309 e. The SMILES string of the molecule is C=C1C[C@@]2(C)CCC3[C@](C)(C(=O)O)CCC[C@@]3(C)[C@@H]2CC1OC1OC(CO)C(O)C(O)C1OC1OC(C)C(O)C(O)C1O. The summed E-state index contributed by atoms with van der Waals surface area (Å²) >= 11 is 0. The second kappa shape index (κ2) is 11.9. The second-order valence-electron chi connectivity index (χ2n) is 14.6. The highest BCUT2D eigenvalue weighted by molar-refractivity contribution is 5.75. The van der Waals surface area contributed by atoms with Gasteiger partial charge in [-0.3, -0.25) is 4.79 Å². The Kier molecular flexibility index (Phi) is 9.16. The number of hydrogen-bond acceptors (Lipinski definition) is 11. The number of carboxylic acids is 1. The summed E-state index contributed by atoms with van der Waals surface area (Å²) < 4.78 is 23.9. The Bertz CT molecular complexity index is 1060. The molecule has 0 radical (unpaired) electrons. The molecule has 5 fully saturated rings. The maximum absolute atomic E-state index is 12.5. The molecule has 3 saturated carbocycles. The third-order valence-electron chi connectivity index (χ3n) is 11.9. The molecule has 246 valence electrons. The van der Waals surface area contributed by atoms with Gasteiger partial charge in [0, 0.05) is 0 Å². The number of rotatable bonds is 6. The molecule has 12 unspecified atom stereocenters. The topological polar surface area (TPSA) is 196 Å². The largest absolute Gasteiger partial charge is 0.481 e. The summed E-state index contributed by atoms with van der Waals surface area (Å²) in [4.78, 5) is 12.5. The molecule has 12 heteroatoms. The van der Waals surface area contributed by atoms with Gasteiger partial charge in [-0.05, 0) is 80.6 Å². The van der Waals surface area contributed by atoms with E-state index < -0.39 is 85.5 Å². The van der Waals surface area contributed by atoms with Crippen molar-refractivity contribution in [2.75, 3.05) is 6.61 Å². The second-order valence-corrected chi connectivity index (χ2v) is 14.6. The Morgan fingerprint density at radius 1 is 0.907 bits per heavy atom. The van der Waals surface area contributed by atoms with E-state index in [-0.39, 0.29) is 22.7 Å². The molecule has 2 saturated heterocycles. The van der Waals surface area contributed by atoms with Gasteiger partial charge in [0.15, 0.2) is 12.6 Å². The number of aliphatic hydroxyl groups excluding tert-OH is 6. The molecule has 0 aromatic carbocycles. The highest BCUT2D eigenvalue weighted by Gasteiger charge is 2.63. The summed E-state index contributed by atoms with van der Waals surface area (Å²) in [5, 5.41) is 72.7. The number of aliphatic hydroxyl groups is 6. The zero-order chi connectivity index (χ0) is 31.6. The first-order chi connectivity index (χ1) is 20.1. The monoisotopic (exact) mass is 614 g/mol. The number of hydrogen-bond donors (Lipinski definition) is 7. The average molecular weight is 615 g/mol. The van der Waals surface area contributed by atoms with Crippen LogP contribution in [-0.2, 0) is 23.7 Å². The van der Waals surface area contributed by atoms with E-state index in [1.165, 1.54) is 6.92 Å². The van der Waals surface area contributed by atoms with E-state index in [0.717, 1.165) is 31.3 Å². The van der Waals surface area contributed by atoms with Crippen molar-refractivity contribution in [3.8, 4) is 0 Å². The van der Waals surface area contributed by atoms with Gasteiger partial charge in [0.1, 0.15) is 42.7 Å². The first kappa shape index (κ1) is 33.2. The van der Waals surface area contributed by atoms with Crippen LogP contribution in [0.1, 0.15) is 72.6 Å². The number of carboxylic acid groups (broad SMARTS) is 1. The third-order valence-corrected chi connectivity index (χ3v) is 11.9. The maximum atomic E-state index is 12.5. The Morgan fingerprint density at radius 2 is 1.60 bits per heavy atom. The highest BCUT2D eigenvalue weighted by atomic mass is 16.8. The van der Waals surface area contributed by atoms with Crippen molar-refractivity contribution in [1.82, 2.24) is 0 Å². The lowest BCUT2D eigenvalue weighted by molar-refractivity contribution is -0.369. The van der Waals surface area contributed by atoms with Gasteiger partial charge in [-0.15, -0.1) is 0 Å². The fourth-order valence-corrected chi connectivity index (χ4v) is 9.36. The summed E-state index contributed by atoms with van der Waals surface area (Å²) in [6, 6.07) is 0. The molecule has 3 aliphatic carbocycles. The summed E-state index contributed by atoms with van der Waals surface area (Å²) in [6.07, 6.45) is -9.31. The van der Waals surface area contributed by atoms with Crippen molar-refractivity contribution in [3.05, 3.63) is 12.2 Å². The van der Waals surface area contributed by atoms with Gasteiger partial charge >= 0.3 is 5.97 Å². The fourth-order valence-electron chi connectivity index (χ4n) is 9.36. The first-order valence-corrected chi connectivity index (χ1v) is 15.6. The molecule has 0 aromatic heterocycles. The molecule has 0 spiro atoms. The highest BCUT2D eigenvalue weighted by Crippen LogP contribution is 2.68. The molecule has 0 amide bonds. The van der Waals surface area contributed by atoms with E-state index in [1.54, 1.807) is 0 Å². The first-order valence-electron chi connectivity index (χ1n) is 15.6. The predicted molar refractivity (Wildman–Crippen MR) is 150 cm³/mol. The van der Waals surface area contributed by atoms with Gasteiger partial charge in [-0.25, -0.2) is 0 Å². The number of carbonyl (C=O) groups is 1. The van der Waals surface area contributed by atoms with Crippen molar-refractivity contribution in [3.63, 3.8) is 0 Å². The number of ether oxygens (including phenoxy) is 4. The van der Waals surface area contributed by atoms with Crippen molar-refractivity contribution >= 4 is 5.97 Å². The van der Waals surface area contributed by atoms with Gasteiger partial charge in [-0.2, -0.15) is 0 Å². The van der Waals surface area contributed by atoms with Crippen LogP contribution < -0.4 is 0 Å². The van der Waals surface area contributed by atoms with Crippen LogP contribution in [-0.4, -0.2) is 116 Å². The quantitative estimate of drug-likeness (QED) is 0.164. The lowest BCUT2D eigenvalue weighted by Crippen LogP contribution is -2.64. The lowest BCUT2D eigenvalue weighted by Gasteiger charge is -2.64. The molecule has 5 aliphatic rings. The molecular formula is C31H50O12. The van der Waals surface area contributed by atoms with Gasteiger partial charge in [0.05, 0.1) is 24.2 Å². The minimum atomic E-state index is -1.66. The Balaban J connectivity index is 1.40. The Labute approximate surface area is 252 Å². The minimum Gasteiger partial charge on any atom is -0.481 e. The van der Waals surface area contributed by atoms with Crippen LogP contribution in [0.5, 0.6) is 0 Å². The zero-order valence-corrected chi connectivity index (χ0v) is 25.5. The summed E-state index contributed by atoms with van der Waals surface area (Å²) in [5.41, 5.74) is -0.337. The van der Waals surface area contributed by atoms with Crippen LogP contribution in [0.15, 0.2) is 12.2 Å². The van der Waals surface area contributed by atoms with Gasteiger partial charge in [-0.1, -0.05) is 26.8 Å². The van der Waals surface area contributed by atoms with E-state index >= 15 is 0 Å². The normalized spacial score (nSPS) is 54.0. The summed E-state index contributed by atoms with van der Waals surface area (Å²) in [6.45, 7) is 11.6. The third kappa shape index (κ3) is 5.49. The van der Waals surface area contributed by atoms with Gasteiger partial charge in [0.2, 0.25) is 0 Å². The van der Waals surface area contributed by atoms with Gasteiger partial charge < -0.3 is 54.7 Å². The van der Waals surface area contributed by atoms with E-state index in [4.69, 9.17) is 18.9 Å². The molecule has 16 atom stereocenters. The number of fused-ring (bicyclic) bond motifs is 3. The summed E-state index contributed by atoms with van der Waals surface area (Å²) in [7, 11) is 0. The zero-order valence-electron chi connectivity index (χ0n) is 25.5. The van der Waals surface area contributed by atoms with Crippen LogP contribution in [0.25, 0.3) is 0 Å². The van der Waals surface area contributed by atoms with Crippen molar-refractivity contribution in [2.24, 2.45) is 28.1 Å². The fraction of sp³-hybridized carbons (Fsp3) is 0.903. The standard InChI is InChI=1S/C31H50O12/c1-14-12-29(3)10-7-18-30(4,8-6-9-31(18,5)28(38)39)19(29)11-16(14)41-27-25(23(36)21(34)17(13-32)42-27)43-26-24(37)22(35)20(33)15(2)40-26/h15-27,32-37H,1,6-13H2,2-5H3,(H,38,39)/t15?,16?,17?,18?,19-,20?,21?,22?,23?,24?,25?,26?,27?,29-,30-,31-/m1/s1. The van der Waals surface area contributed by atoms with Crippen LogP contribution in [0, 0.1) is 28.1 Å². The molecule has 2 aliphatic heterocycles. The Hall–Kier alpha value is -1.19. The molecule has 12 nitrogen and oxygen atoms in total. The van der Waals surface area contributed by atoms with Crippen molar-refractivity contribution < 1.29 is 59.5 Å². The molecular weight excluding hydrogens is 564 g/mol. The van der Waals surface area contributed by atoms with E-state index in [0.29, 0.717) is 19.3 Å². The van der Waals surface area contributed by atoms with Crippen molar-refractivity contribution in [1.29, 1.82) is 0 Å². The minimum absolute atomic E-state index is 0.00259. The van der Waals surface area contributed by atoms with Crippen molar-refractivity contribution in [2.45, 2.75) is 140 Å². The molecule has 0 bridgehead atoms.